The van der Waals surface area contributed by atoms with Gasteiger partial charge in [-0.2, -0.15) is 0 Å². The minimum Gasteiger partial charge on any atom is -0.459 e. The summed E-state index contributed by atoms with van der Waals surface area (Å²) in [4.78, 5) is 35.4. The van der Waals surface area contributed by atoms with Crippen LogP contribution >= 0.6 is 0 Å². The van der Waals surface area contributed by atoms with Gasteiger partial charge in [0, 0.05) is 38.2 Å². The van der Waals surface area contributed by atoms with Gasteiger partial charge >= 0.3 is 0 Å². The summed E-state index contributed by atoms with van der Waals surface area (Å²) in [5.74, 6) is 1.49. The second-order valence-electron chi connectivity index (χ2n) is 7.15. The molecule has 0 unspecified atom stereocenters. The van der Waals surface area contributed by atoms with E-state index < -0.39 is 0 Å². The quantitative estimate of drug-likeness (QED) is 0.718. The van der Waals surface area contributed by atoms with Crippen LogP contribution in [0.1, 0.15) is 34.8 Å². The molecule has 29 heavy (non-hydrogen) atoms. The largest absolute Gasteiger partial charge is 0.459 e. The molecule has 4 rings (SSSR count). The highest BCUT2D eigenvalue weighted by atomic mass is 16.3. The number of nitrogens with one attached hydrogen (secondary N) is 1. The Kier molecular flexibility index (Phi) is 5.41. The molecule has 0 saturated carbocycles. The molecule has 3 aromatic heterocycles. The fourth-order valence-corrected chi connectivity index (χ4v) is 3.59. The molecule has 4 heterocycles. The number of aryl methyl sites for hydroxylation is 1. The van der Waals surface area contributed by atoms with Gasteiger partial charge < -0.3 is 14.6 Å². The third-order valence-corrected chi connectivity index (χ3v) is 5.16. The van der Waals surface area contributed by atoms with Crippen molar-refractivity contribution < 1.29 is 14.0 Å². The summed E-state index contributed by atoms with van der Waals surface area (Å²) in [5, 5.41) is 3.00. The minimum atomic E-state index is -0.222. The number of carbonyl (C=O) groups is 2. The van der Waals surface area contributed by atoms with Gasteiger partial charge in [0.2, 0.25) is 5.91 Å². The lowest BCUT2D eigenvalue weighted by atomic mass is 9.97. The first-order valence-corrected chi connectivity index (χ1v) is 9.67. The average molecular weight is 393 g/mol. The Hall–Kier alpha value is -3.42. The summed E-state index contributed by atoms with van der Waals surface area (Å²) >= 11 is 0. The van der Waals surface area contributed by atoms with Crippen molar-refractivity contribution >= 4 is 11.8 Å². The molecule has 0 aliphatic carbocycles. The highest BCUT2D eigenvalue weighted by Crippen LogP contribution is 2.19. The Labute approximate surface area is 168 Å². The maximum absolute atomic E-state index is 12.7. The number of pyridine rings is 1. The van der Waals surface area contributed by atoms with Gasteiger partial charge in [-0.1, -0.05) is 0 Å². The Morgan fingerprint density at radius 2 is 2.17 bits per heavy atom. The number of aromatic nitrogens is 3. The molecule has 0 aromatic carbocycles. The van der Waals surface area contributed by atoms with Crippen LogP contribution in [0.15, 0.2) is 53.5 Å². The molecule has 1 saturated heterocycles. The number of amides is 2. The van der Waals surface area contributed by atoms with E-state index in [0.717, 1.165) is 30.0 Å². The normalized spacial score (nSPS) is 16.6. The van der Waals surface area contributed by atoms with Crippen molar-refractivity contribution in [3.63, 3.8) is 0 Å². The lowest BCUT2D eigenvalue weighted by Crippen LogP contribution is -2.45. The van der Waals surface area contributed by atoms with E-state index in [1.165, 1.54) is 6.26 Å². The van der Waals surface area contributed by atoms with E-state index in [1.54, 1.807) is 29.4 Å². The van der Waals surface area contributed by atoms with E-state index >= 15 is 0 Å². The molecule has 1 N–H and O–H groups in total. The molecule has 0 radical (unpaired) electrons. The fraction of sp³-hybridized carbons (Fsp3) is 0.333. The molecule has 2 amide bonds. The molecule has 0 spiro atoms. The molecule has 8 heteroatoms. The first kappa shape index (κ1) is 18.9. The third kappa shape index (κ3) is 4.21. The Morgan fingerprint density at radius 1 is 1.28 bits per heavy atom. The zero-order valence-electron chi connectivity index (χ0n) is 16.2. The summed E-state index contributed by atoms with van der Waals surface area (Å²) in [6.45, 7) is 3.36. The zero-order valence-corrected chi connectivity index (χ0v) is 16.2. The van der Waals surface area contributed by atoms with Crippen LogP contribution < -0.4 is 5.32 Å². The van der Waals surface area contributed by atoms with Crippen molar-refractivity contribution in [3.05, 3.63) is 66.3 Å². The minimum absolute atomic E-state index is 0.0425. The molecule has 0 bridgehead atoms. The lowest BCUT2D eigenvalue weighted by Gasteiger charge is -2.31. The van der Waals surface area contributed by atoms with E-state index in [1.807, 2.05) is 29.8 Å². The summed E-state index contributed by atoms with van der Waals surface area (Å²) in [7, 11) is 0. The monoisotopic (exact) mass is 393 g/mol. The molecule has 1 atom stereocenters. The van der Waals surface area contributed by atoms with E-state index in [0.29, 0.717) is 25.4 Å². The van der Waals surface area contributed by atoms with Crippen LogP contribution in [0, 0.1) is 12.8 Å². The van der Waals surface area contributed by atoms with E-state index in [2.05, 4.69) is 15.3 Å². The van der Waals surface area contributed by atoms with Crippen LogP contribution in [0.3, 0.4) is 0 Å². The van der Waals surface area contributed by atoms with Crippen LogP contribution in [0.4, 0.5) is 0 Å². The van der Waals surface area contributed by atoms with Gasteiger partial charge in [0.15, 0.2) is 5.76 Å². The number of piperidine rings is 1. The molecule has 1 aliphatic heterocycles. The van der Waals surface area contributed by atoms with Crippen molar-refractivity contribution in [1.29, 1.82) is 0 Å². The Morgan fingerprint density at radius 3 is 2.93 bits per heavy atom. The van der Waals surface area contributed by atoms with Gasteiger partial charge in [-0.15, -0.1) is 0 Å². The summed E-state index contributed by atoms with van der Waals surface area (Å²) < 4.78 is 7.09. The number of hydrogen-bond acceptors (Lipinski definition) is 5. The zero-order chi connectivity index (χ0) is 20.2. The highest BCUT2D eigenvalue weighted by Gasteiger charge is 2.29. The maximum atomic E-state index is 12.7. The van der Waals surface area contributed by atoms with Crippen molar-refractivity contribution in [2.75, 3.05) is 13.1 Å². The van der Waals surface area contributed by atoms with Gasteiger partial charge in [0.1, 0.15) is 11.6 Å². The van der Waals surface area contributed by atoms with Crippen molar-refractivity contribution in [2.45, 2.75) is 26.3 Å². The second-order valence-corrected chi connectivity index (χ2v) is 7.15. The van der Waals surface area contributed by atoms with Gasteiger partial charge in [0.25, 0.3) is 5.91 Å². The van der Waals surface area contributed by atoms with E-state index in [-0.39, 0.29) is 17.7 Å². The molecule has 3 aromatic rings. The van der Waals surface area contributed by atoms with E-state index in [4.69, 9.17) is 4.42 Å². The number of imidazole rings is 1. The van der Waals surface area contributed by atoms with Crippen LogP contribution in [0.5, 0.6) is 0 Å². The topological polar surface area (TPSA) is 93.3 Å². The van der Waals surface area contributed by atoms with Crippen LogP contribution in [0.2, 0.25) is 0 Å². The summed E-state index contributed by atoms with van der Waals surface area (Å²) in [6, 6.07) is 7.15. The second kappa shape index (κ2) is 8.30. The van der Waals surface area contributed by atoms with Crippen LogP contribution in [0.25, 0.3) is 5.82 Å². The maximum Gasteiger partial charge on any atom is 0.289 e. The first-order valence-electron chi connectivity index (χ1n) is 9.67. The molecule has 1 aliphatic rings. The molecular weight excluding hydrogens is 370 g/mol. The third-order valence-electron chi connectivity index (χ3n) is 5.16. The number of nitrogens with zero attached hydrogens (tertiary/aromatic N) is 4. The standard InChI is InChI=1S/C21H23N5O3/c1-15-22-8-10-26(15)19-12-16(6-7-23-19)13-24-20(27)17-4-2-9-25(14-17)21(28)18-5-3-11-29-18/h3,5-8,10-12,17H,2,4,9,13-14H2,1H3,(H,24,27)/t17-/m1/s1. The molecule has 8 nitrogen and oxygen atoms in total. The van der Waals surface area contributed by atoms with Crippen molar-refractivity contribution in [3.8, 4) is 5.82 Å². The van der Waals surface area contributed by atoms with Gasteiger partial charge in [-0.05, 0) is 49.6 Å². The van der Waals surface area contributed by atoms with E-state index in [9.17, 15) is 9.59 Å². The Bertz CT molecular complexity index is 995. The molecule has 150 valence electrons. The number of likely N-dealkylation sites (tertiary alicyclic amines) is 1. The summed E-state index contributed by atoms with van der Waals surface area (Å²) in [6.07, 6.45) is 8.35. The number of furan rings is 1. The van der Waals surface area contributed by atoms with Crippen molar-refractivity contribution in [1.82, 2.24) is 24.8 Å². The number of rotatable bonds is 5. The lowest BCUT2D eigenvalue weighted by molar-refractivity contribution is -0.126. The highest BCUT2D eigenvalue weighted by molar-refractivity contribution is 5.92. The average Bonchev–Trinajstić information content (AvgIpc) is 3.44. The summed E-state index contributed by atoms with van der Waals surface area (Å²) in [5.41, 5.74) is 0.954. The predicted octanol–water partition coefficient (Wildman–Crippen LogP) is 2.34. The fourth-order valence-electron chi connectivity index (χ4n) is 3.59. The van der Waals surface area contributed by atoms with Crippen LogP contribution in [-0.2, 0) is 11.3 Å². The number of hydrogen-bond donors (Lipinski definition) is 1. The number of carbonyl (C=O) groups excluding carboxylic acids is 2. The predicted molar refractivity (Wildman–Crippen MR) is 105 cm³/mol. The molecule has 1 fully saturated rings. The SMILES string of the molecule is Cc1nccn1-c1cc(CNC(=O)[C@@H]2CCCN(C(=O)c3ccco3)C2)ccn1. The van der Waals surface area contributed by atoms with Gasteiger partial charge in [-0.3, -0.25) is 14.2 Å². The van der Waals surface area contributed by atoms with Gasteiger partial charge in [-0.25, -0.2) is 9.97 Å². The Balaban J connectivity index is 1.36. The smallest absolute Gasteiger partial charge is 0.289 e. The van der Waals surface area contributed by atoms with Gasteiger partial charge in [0.05, 0.1) is 12.2 Å². The first-order chi connectivity index (χ1) is 14.1. The van der Waals surface area contributed by atoms with Crippen LogP contribution in [-0.4, -0.2) is 44.3 Å². The molecular formula is C21H23N5O3. The van der Waals surface area contributed by atoms with Crippen molar-refractivity contribution in [2.24, 2.45) is 5.92 Å².